The second-order valence-corrected chi connectivity index (χ2v) is 10.8. The average molecular weight is 407 g/mol. The van der Waals surface area contributed by atoms with E-state index >= 15 is 0 Å². The lowest BCUT2D eigenvalue weighted by Crippen LogP contribution is -2.49. The normalized spacial score (nSPS) is 23.4. The molecule has 2 aliphatic heterocycles. The Bertz CT molecular complexity index is 726. The Morgan fingerprint density at radius 2 is 2.00 bits per heavy atom. The number of amides is 1. The van der Waals surface area contributed by atoms with Gasteiger partial charge in [-0.15, -0.1) is 11.3 Å². The Morgan fingerprint density at radius 1 is 1.32 bits per heavy atom. The average Bonchev–Trinajstić information content (AvgIpc) is 3.14. The maximum atomic E-state index is 12.7. The number of nitrogens with zero attached hydrogens (tertiary/aromatic N) is 2. The molecule has 2 aliphatic rings. The zero-order valence-electron chi connectivity index (χ0n) is 14.4. The maximum absolute atomic E-state index is 12.7. The Balaban J connectivity index is 1.66. The van der Waals surface area contributed by atoms with Gasteiger partial charge < -0.3 is 4.74 Å². The molecule has 0 bridgehead atoms. The fraction of sp³-hybridized carbons (Fsp3) is 0.688. The number of cyclic esters (lactones) is 1. The summed E-state index contributed by atoms with van der Waals surface area (Å²) < 4.78 is 32.8. The lowest BCUT2D eigenvalue weighted by atomic mass is 9.99. The van der Waals surface area contributed by atoms with Crippen molar-refractivity contribution in [3.8, 4) is 0 Å². The molecular formula is C16H23ClN2O4S2. The van der Waals surface area contributed by atoms with Crippen LogP contribution in [0.4, 0.5) is 4.79 Å². The molecule has 2 saturated heterocycles. The minimum atomic E-state index is -3.50. The van der Waals surface area contributed by atoms with Crippen molar-refractivity contribution in [2.24, 2.45) is 5.92 Å². The molecule has 1 aromatic rings. The highest BCUT2D eigenvalue weighted by Gasteiger charge is 2.41. The van der Waals surface area contributed by atoms with Crippen LogP contribution in [-0.4, -0.2) is 55.5 Å². The number of sulfonamides is 1. The fourth-order valence-corrected chi connectivity index (χ4v) is 6.68. The van der Waals surface area contributed by atoms with Gasteiger partial charge in [-0.3, -0.25) is 4.90 Å². The largest absolute Gasteiger partial charge is 0.447 e. The van der Waals surface area contributed by atoms with Crippen molar-refractivity contribution in [3.63, 3.8) is 0 Å². The maximum Gasteiger partial charge on any atom is 0.410 e. The highest BCUT2D eigenvalue weighted by molar-refractivity contribution is 7.91. The van der Waals surface area contributed by atoms with Crippen molar-refractivity contribution in [3.05, 3.63) is 16.5 Å². The van der Waals surface area contributed by atoms with Gasteiger partial charge in [0.05, 0.1) is 10.4 Å². The highest BCUT2D eigenvalue weighted by atomic mass is 35.5. The van der Waals surface area contributed by atoms with Gasteiger partial charge in [0.2, 0.25) is 0 Å². The van der Waals surface area contributed by atoms with E-state index in [0.717, 1.165) is 17.8 Å². The minimum absolute atomic E-state index is 0.0390. The van der Waals surface area contributed by atoms with Crippen molar-refractivity contribution in [2.75, 3.05) is 19.7 Å². The molecule has 2 fully saturated rings. The molecule has 25 heavy (non-hydrogen) atoms. The van der Waals surface area contributed by atoms with E-state index in [1.165, 1.54) is 4.31 Å². The summed E-state index contributed by atoms with van der Waals surface area (Å²) in [5, 5.41) is 0. The Hall–Kier alpha value is -0.830. The molecule has 0 radical (unpaired) electrons. The predicted octanol–water partition coefficient (Wildman–Crippen LogP) is 3.42. The van der Waals surface area contributed by atoms with Gasteiger partial charge in [0.15, 0.2) is 0 Å². The van der Waals surface area contributed by atoms with Gasteiger partial charge in [-0.05, 0) is 37.3 Å². The van der Waals surface area contributed by atoms with E-state index in [1.54, 1.807) is 12.1 Å². The first kappa shape index (κ1) is 18.9. The molecule has 6 nitrogen and oxygen atoms in total. The van der Waals surface area contributed by atoms with Crippen LogP contribution in [0.3, 0.4) is 0 Å². The van der Waals surface area contributed by atoms with Crippen LogP contribution in [0.25, 0.3) is 0 Å². The third kappa shape index (κ3) is 3.97. The molecular weight excluding hydrogens is 384 g/mol. The van der Waals surface area contributed by atoms with Gasteiger partial charge in [0.25, 0.3) is 10.0 Å². The highest BCUT2D eigenvalue weighted by Crippen LogP contribution is 2.32. The molecule has 0 saturated carbocycles. The van der Waals surface area contributed by atoms with Crippen molar-refractivity contribution in [2.45, 2.75) is 49.4 Å². The van der Waals surface area contributed by atoms with Crippen molar-refractivity contribution in [1.82, 2.24) is 9.21 Å². The Morgan fingerprint density at radius 3 is 2.56 bits per heavy atom. The number of rotatable bonds is 5. The first-order valence-corrected chi connectivity index (χ1v) is 11.1. The van der Waals surface area contributed by atoms with Gasteiger partial charge in [-0.25, -0.2) is 13.2 Å². The van der Waals surface area contributed by atoms with Crippen LogP contribution in [-0.2, 0) is 14.8 Å². The van der Waals surface area contributed by atoms with Crippen molar-refractivity contribution in [1.29, 1.82) is 0 Å². The van der Waals surface area contributed by atoms with Crippen LogP contribution < -0.4 is 0 Å². The van der Waals surface area contributed by atoms with Crippen LogP contribution in [0.2, 0.25) is 4.34 Å². The molecule has 9 heteroatoms. The van der Waals surface area contributed by atoms with Crippen LogP contribution in [0.1, 0.15) is 33.1 Å². The zero-order valence-corrected chi connectivity index (χ0v) is 16.7. The van der Waals surface area contributed by atoms with Gasteiger partial charge in [0.1, 0.15) is 10.8 Å². The summed E-state index contributed by atoms with van der Waals surface area (Å²) in [5.74, 6) is 0.478. The number of thiophene rings is 1. The summed E-state index contributed by atoms with van der Waals surface area (Å²) in [6.07, 6.45) is 1.89. The molecule has 3 rings (SSSR count). The quantitative estimate of drug-likeness (QED) is 0.751. The molecule has 0 aliphatic carbocycles. The number of hydrogen-bond acceptors (Lipinski definition) is 5. The SMILES string of the molecule is CC(C)CC1COC(=O)N1C1CCN(S(=O)(=O)c2ccc(Cl)s2)CC1. The third-order valence-electron chi connectivity index (χ3n) is 4.71. The topological polar surface area (TPSA) is 66.9 Å². The lowest BCUT2D eigenvalue weighted by Gasteiger charge is -2.37. The molecule has 1 unspecified atom stereocenters. The summed E-state index contributed by atoms with van der Waals surface area (Å²) in [7, 11) is -3.50. The summed E-state index contributed by atoms with van der Waals surface area (Å²) in [6.45, 7) is 5.50. The second kappa shape index (κ2) is 7.42. The second-order valence-electron chi connectivity index (χ2n) is 6.96. The minimum Gasteiger partial charge on any atom is -0.447 e. The smallest absolute Gasteiger partial charge is 0.410 e. The molecule has 3 heterocycles. The number of piperidine rings is 1. The molecule has 140 valence electrons. The first-order valence-electron chi connectivity index (χ1n) is 8.49. The van der Waals surface area contributed by atoms with Crippen LogP contribution >= 0.6 is 22.9 Å². The lowest BCUT2D eigenvalue weighted by molar-refractivity contribution is 0.121. The van der Waals surface area contributed by atoms with Crippen molar-refractivity contribution >= 4 is 39.1 Å². The van der Waals surface area contributed by atoms with Gasteiger partial charge >= 0.3 is 6.09 Å². The molecule has 1 amide bonds. The molecule has 1 aromatic heterocycles. The standard InChI is InChI=1S/C16H23ClN2O4S2/c1-11(2)9-13-10-23-16(20)19(13)12-5-7-18(8-6-12)25(21,22)15-4-3-14(17)24-15/h3-4,11-13H,5-10H2,1-2H3. The van der Waals surface area contributed by atoms with Crippen LogP contribution in [0.15, 0.2) is 16.3 Å². The summed E-state index contributed by atoms with van der Waals surface area (Å²) in [5.41, 5.74) is 0. The van der Waals surface area contributed by atoms with E-state index in [0.29, 0.717) is 42.8 Å². The van der Waals surface area contributed by atoms with Crippen LogP contribution in [0.5, 0.6) is 0 Å². The van der Waals surface area contributed by atoms with E-state index in [9.17, 15) is 13.2 Å². The number of ether oxygens (including phenoxy) is 1. The fourth-order valence-electron chi connectivity index (χ4n) is 3.57. The van der Waals surface area contributed by atoms with Gasteiger partial charge in [-0.2, -0.15) is 4.31 Å². The first-order chi connectivity index (χ1) is 11.8. The number of halogens is 1. The van der Waals surface area contributed by atoms with Crippen LogP contribution in [0, 0.1) is 5.92 Å². The molecule has 1 atom stereocenters. The van der Waals surface area contributed by atoms with E-state index in [1.807, 2.05) is 4.90 Å². The molecule has 0 spiro atoms. The number of carbonyl (C=O) groups excluding carboxylic acids is 1. The molecule has 0 aromatic carbocycles. The van der Waals surface area contributed by atoms with Gasteiger partial charge in [-0.1, -0.05) is 25.4 Å². The predicted molar refractivity (Wildman–Crippen MR) is 97.5 cm³/mol. The molecule has 0 N–H and O–H groups in total. The van der Waals surface area contributed by atoms with E-state index in [2.05, 4.69) is 13.8 Å². The van der Waals surface area contributed by atoms with Crippen molar-refractivity contribution < 1.29 is 17.9 Å². The van der Waals surface area contributed by atoms with E-state index in [-0.39, 0.29) is 22.4 Å². The van der Waals surface area contributed by atoms with Gasteiger partial charge in [0, 0.05) is 19.1 Å². The third-order valence-corrected chi connectivity index (χ3v) is 8.30. The Labute approximate surface area is 157 Å². The zero-order chi connectivity index (χ0) is 18.2. The summed E-state index contributed by atoms with van der Waals surface area (Å²) >= 11 is 6.94. The summed E-state index contributed by atoms with van der Waals surface area (Å²) in [4.78, 5) is 14.0. The van der Waals surface area contributed by atoms with E-state index in [4.69, 9.17) is 16.3 Å². The number of carbonyl (C=O) groups is 1. The van der Waals surface area contributed by atoms with E-state index < -0.39 is 10.0 Å². The number of hydrogen-bond donors (Lipinski definition) is 0. The summed E-state index contributed by atoms with van der Waals surface area (Å²) in [6, 6.07) is 3.28. The Kier molecular flexibility index (Phi) is 5.63. The monoisotopic (exact) mass is 406 g/mol.